The van der Waals surface area contributed by atoms with Crippen LogP contribution in [0.3, 0.4) is 0 Å². The summed E-state index contributed by atoms with van der Waals surface area (Å²) in [5.41, 5.74) is 0.586. The van der Waals surface area contributed by atoms with E-state index in [4.69, 9.17) is 48.4 Å². The summed E-state index contributed by atoms with van der Waals surface area (Å²) in [7, 11) is -0.944. The number of carboxylic acid groups (broad SMARTS) is 1. The highest BCUT2D eigenvalue weighted by molar-refractivity contribution is 7.91. The van der Waals surface area contributed by atoms with E-state index in [1.54, 1.807) is 20.3 Å². The van der Waals surface area contributed by atoms with Crippen LogP contribution in [0.4, 0.5) is 8.78 Å². The van der Waals surface area contributed by atoms with Gasteiger partial charge in [0.2, 0.25) is 45.9 Å². The van der Waals surface area contributed by atoms with Gasteiger partial charge in [0.15, 0.2) is 5.78 Å². The first kappa shape index (κ1) is 82.6. The van der Waals surface area contributed by atoms with E-state index < -0.39 is 128 Å². The Labute approximate surface area is 641 Å². The Morgan fingerprint density at radius 3 is 1.45 bits per heavy atom. The van der Waals surface area contributed by atoms with Crippen molar-refractivity contribution in [1.82, 2.24) is 34.5 Å². The van der Waals surface area contributed by atoms with E-state index in [2.05, 4.69) is 0 Å². The van der Waals surface area contributed by atoms with Crippen molar-refractivity contribution in [1.29, 1.82) is 0 Å². The number of fused-ring (bicyclic) bond motifs is 18. The minimum atomic E-state index is -4.10. The van der Waals surface area contributed by atoms with Crippen LogP contribution in [0.2, 0.25) is 0 Å². The Kier molecular flexibility index (Phi) is 25.1. The van der Waals surface area contributed by atoms with E-state index >= 15 is 4.79 Å². The molecule has 4 aliphatic heterocycles. The quantitative estimate of drug-likeness (QED) is 0.125. The number of methoxy groups -OCH3 is 2. The number of aryl methyl sites for hydroxylation is 2. The number of benzene rings is 2. The zero-order chi connectivity index (χ0) is 76.3. The molecular weight excluding hydrogens is 1420 g/mol. The van der Waals surface area contributed by atoms with E-state index in [1.165, 1.54) is 16.2 Å². The van der Waals surface area contributed by atoms with Gasteiger partial charge >= 0.3 is 17.9 Å². The van der Waals surface area contributed by atoms with Crippen LogP contribution >= 0.6 is 0 Å². The van der Waals surface area contributed by atoms with E-state index in [1.807, 2.05) is 90.4 Å². The lowest BCUT2D eigenvalue weighted by atomic mass is 9.77. The molecule has 14 rings (SSSR count). The van der Waals surface area contributed by atoms with Crippen LogP contribution in [0.15, 0.2) is 36.4 Å². The van der Waals surface area contributed by atoms with Crippen molar-refractivity contribution in [2.45, 2.75) is 273 Å². The summed E-state index contributed by atoms with van der Waals surface area (Å²) < 4.78 is 93.5. The van der Waals surface area contributed by atoms with Gasteiger partial charge in [0.1, 0.15) is 53.3 Å². The second-order valence-corrected chi connectivity index (χ2v) is 36.8. The monoisotopic (exact) mass is 1540 g/mol. The number of nitrogens with one attached hydrogen (secondary N) is 1. The molecule has 2 N–H and O–H groups in total. The standard InChI is InChI=1S/C45H60F2N4O9S.C36H49N3O7.2CH4/c1-6-28-36-23-51(38(28)35(52)22-45(21-31(45)40(46)47)43(55)50-61(56,57)27-15-16-27)42(54)30(44(2,3)4)20-37(53)60-39-25-13-12-24(18-25)29(39)10-8-7-9-11-33-41(59-36)49-34-19-26(58-5)14-17-32(34)48-33;1-6-23-29-19-39(31(23)35(42)43)34(41)25(36(2,3)4)18-30(40)46-32-21-13-12-20(16-21)24(32)10-8-7-9-11-27-33(45-29)38-28-17-22(44-5)14-15-26(28)37-27;;/h14,17,19,24-25,27-31,36,38-40H,6-13,15-16,18,20-23H2,1-5H3,(H,50,55);14-15,17,20-21,23-25,29,31-32H,6-13,16,18-19H2,1-5H3,(H,42,43);2*1H4/t24-,25+,28-,29-,30-,31+,36+,38+,39-,45-;20-,21+,23-,24-,25-,29+,31+,32-;;/m11../s1. The van der Waals surface area contributed by atoms with Crippen LogP contribution in [0.1, 0.15) is 223 Å². The predicted octanol–water partition coefficient (Wildman–Crippen LogP) is 13.7. The zero-order valence-electron chi connectivity index (χ0n) is 63.7. The Hall–Kier alpha value is -7.38. The van der Waals surface area contributed by atoms with Gasteiger partial charge in [-0.3, -0.25) is 33.5 Å². The van der Waals surface area contributed by atoms with E-state index in [0.717, 1.165) is 94.7 Å². The van der Waals surface area contributed by atoms with Gasteiger partial charge in [-0.1, -0.05) is 95.9 Å². The third kappa shape index (κ3) is 17.2. The molecule has 0 unspecified atom stereocenters. The van der Waals surface area contributed by atoms with E-state index in [0.29, 0.717) is 102 Å². The lowest BCUT2D eigenvalue weighted by molar-refractivity contribution is -0.162. The number of hydrogen-bond donors (Lipinski definition) is 2. The summed E-state index contributed by atoms with van der Waals surface area (Å²) in [4.78, 5) is 121. The third-order valence-electron chi connectivity index (χ3n) is 26.1. The number of esters is 2. The van der Waals surface area contributed by atoms with Crippen LogP contribution in [-0.2, 0) is 65.9 Å². The number of nitrogens with zero attached hydrogens (tertiary/aromatic N) is 6. The molecule has 26 heteroatoms. The highest BCUT2D eigenvalue weighted by Gasteiger charge is 2.67. The largest absolute Gasteiger partial charge is 0.497 e. The Bertz CT molecular complexity index is 4150. The molecular formula is C83H117F2N7O16S. The number of sulfonamides is 1. The fourth-order valence-electron chi connectivity index (χ4n) is 19.9. The number of aliphatic carboxylic acids is 1. The topological polar surface area (TPSA) is 299 Å². The molecule has 6 heterocycles. The molecule has 6 aliphatic carbocycles. The maximum Gasteiger partial charge on any atom is 0.326 e. The van der Waals surface area contributed by atoms with E-state index in [-0.39, 0.29) is 89.0 Å². The van der Waals surface area contributed by atoms with Crippen LogP contribution in [-0.4, -0.2) is 160 Å². The normalized spacial score (nSPS) is 32.2. The van der Waals surface area contributed by atoms with Crippen molar-refractivity contribution in [3.63, 3.8) is 0 Å². The number of Topliss-reactive ketones (excluding diaryl/α,β-unsaturated/α-hetero) is 1. The minimum absolute atomic E-state index is 0. The fraction of sp³-hybridized carbons (Fsp3) is 0.723. The third-order valence-corrected chi connectivity index (χ3v) is 27.9. The molecule has 2 aromatic carbocycles. The van der Waals surface area contributed by atoms with Gasteiger partial charge in [0.05, 0.1) is 90.8 Å². The molecule has 3 amide bonds. The van der Waals surface area contributed by atoms with Crippen molar-refractivity contribution in [2.24, 2.45) is 81.3 Å². The molecule has 109 heavy (non-hydrogen) atoms. The van der Waals surface area contributed by atoms with Crippen LogP contribution < -0.4 is 23.7 Å². The zero-order valence-corrected chi connectivity index (χ0v) is 64.6. The summed E-state index contributed by atoms with van der Waals surface area (Å²) in [5, 5.41) is 9.68. The second-order valence-electron chi connectivity index (χ2n) is 34.8. The average Bonchev–Trinajstić information content (AvgIpc) is 1.56. The Morgan fingerprint density at radius 2 is 1.05 bits per heavy atom. The van der Waals surface area contributed by atoms with Crippen molar-refractivity contribution in [3.05, 3.63) is 47.8 Å². The molecule has 2 aromatic heterocycles. The van der Waals surface area contributed by atoms with Crippen LogP contribution in [0.5, 0.6) is 23.3 Å². The van der Waals surface area contributed by atoms with Gasteiger partial charge in [-0.25, -0.2) is 41.9 Å². The smallest absolute Gasteiger partial charge is 0.326 e. The van der Waals surface area contributed by atoms with Crippen molar-refractivity contribution in [2.75, 3.05) is 27.3 Å². The number of carbonyl (C=O) groups is 7. The van der Waals surface area contributed by atoms with Crippen LogP contribution in [0, 0.1) is 81.3 Å². The maximum atomic E-state index is 15.2. The first-order valence-electron chi connectivity index (χ1n) is 39.5. The summed E-state index contributed by atoms with van der Waals surface area (Å²) in [6.07, 6.45) is 10.8. The molecule has 10 aliphatic rings. The number of carboxylic acids is 1. The van der Waals surface area contributed by atoms with Crippen molar-refractivity contribution in [3.8, 4) is 23.3 Å². The molecule has 0 spiro atoms. The average molecular weight is 1540 g/mol. The van der Waals surface area contributed by atoms with Gasteiger partial charge in [0.25, 0.3) is 0 Å². The molecule has 4 aromatic rings. The lowest BCUT2D eigenvalue weighted by Gasteiger charge is -2.36. The first-order valence-corrected chi connectivity index (χ1v) is 41.1. The molecule has 600 valence electrons. The lowest BCUT2D eigenvalue weighted by Crippen LogP contribution is -2.50. The summed E-state index contributed by atoms with van der Waals surface area (Å²) in [5.74, 6) is -4.62. The molecule has 0 radical (unpaired) electrons. The number of aromatic nitrogens is 4. The predicted molar refractivity (Wildman–Crippen MR) is 405 cm³/mol. The molecule has 23 nitrogen and oxygen atoms in total. The highest BCUT2D eigenvalue weighted by Crippen LogP contribution is 2.60. The van der Waals surface area contributed by atoms with Gasteiger partial charge < -0.3 is 43.3 Å². The number of halogens is 2. The Morgan fingerprint density at radius 1 is 0.606 bits per heavy atom. The first-order chi connectivity index (χ1) is 50.9. The molecule has 8 bridgehead atoms. The van der Waals surface area contributed by atoms with Gasteiger partial charge in [-0.05, 0) is 180 Å². The number of carbonyl (C=O) groups excluding carboxylic acids is 6. The molecule has 6 saturated carbocycles. The van der Waals surface area contributed by atoms with Crippen molar-refractivity contribution < 1.29 is 84.3 Å². The number of hydrogen-bond acceptors (Lipinski definition) is 19. The number of alkyl halides is 2. The molecule has 18 atom stereocenters. The summed E-state index contributed by atoms with van der Waals surface area (Å²) >= 11 is 0. The molecule has 2 saturated heterocycles. The van der Waals surface area contributed by atoms with Gasteiger partial charge in [-0.2, -0.15) is 0 Å². The van der Waals surface area contributed by atoms with Crippen molar-refractivity contribution >= 4 is 73.5 Å². The highest BCUT2D eigenvalue weighted by atomic mass is 32.2. The maximum absolute atomic E-state index is 15.2. The number of ether oxygens (including phenoxy) is 6. The SMILES string of the molecule is C.C.CC[C@@H]1[C@@H]2CN(C(=O)[C@H](C(C)(C)C)CC(=O)O[C@@H]3[C@H]4CC[C@H](C4)[C@H]3CCCCCc3nc4ccc(OC)cc4nc3O2)[C@@H]1C(=O)C[C@]1(C(=O)NS(=O)(=O)C2CC2)C[C@H]1C(F)F.CC[C@@H]1[C@@H]2CN(C(=O)[C@H](C(C)(C)C)CC(=O)O[C@@H]3[C@H]4CC[C@H](C4)[C@H]3CCCCCc3nc4ccc(OC)cc4nc3O2)[C@@H]1C(=O)O. The Balaban J connectivity index is 0.000000221. The number of ketones is 1. The van der Waals surface area contributed by atoms with Crippen LogP contribution in [0.25, 0.3) is 22.1 Å². The summed E-state index contributed by atoms with van der Waals surface area (Å²) in [6.45, 7) is 15.1. The van der Waals surface area contributed by atoms with E-state index in [9.17, 15) is 51.1 Å². The molecule has 8 fully saturated rings. The van der Waals surface area contributed by atoms with Gasteiger partial charge in [0, 0.05) is 36.3 Å². The fourth-order valence-corrected chi connectivity index (χ4v) is 21.3. The minimum Gasteiger partial charge on any atom is -0.497 e. The number of rotatable bonds is 12. The summed E-state index contributed by atoms with van der Waals surface area (Å²) in [6, 6.07) is 8.65. The second kappa shape index (κ2) is 33.1. The van der Waals surface area contributed by atoms with Gasteiger partial charge in [-0.15, -0.1) is 0 Å². The number of amides is 3.